The van der Waals surface area contributed by atoms with Gasteiger partial charge in [0.15, 0.2) is 0 Å². The number of ketones is 1. The molecule has 0 amide bonds. The highest BCUT2D eigenvalue weighted by Gasteiger charge is 2.12. The van der Waals surface area contributed by atoms with E-state index >= 15 is 0 Å². The quantitative estimate of drug-likeness (QED) is 0.726. The first-order valence-corrected chi connectivity index (χ1v) is 5.52. The molecule has 2 nitrogen and oxygen atoms in total. The number of aromatic nitrogens is 1. The average molecular weight is 197 g/mol. The van der Waals surface area contributed by atoms with Crippen molar-refractivity contribution in [1.82, 2.24) is 4.98 Å². The molecule has 0 fully saturated rings. The Bertz CT molecular complexity index is 256. The monoisotopic (exact) mass is 197 g/mol. The van der Waals surface area contributed by atoms with Gasteiger partial charge in [0.25, 0.3) is 0 Å². The van der Waals surface area contributed by atoms with Crippen molar-refractivity contribution >= 4 is 17.1 Å². The van der Waals surface area contributed by atoms with E-state index in [-0.39, 0.29) is 5.92 Å². The van der Waals surface area contributed by atoms with E-state index in [0.717, 1.165) is 17.7 Å². The molecule has 0 aliphatic heterocycles. The van der Waals surface area contributed by atoms with E-state index in [1.807, 2.05) is 6.92 Å². The van der Waals surface area contributed by atoms with Crippen molar-refractivity contribution < 1.29 is 4.79 Å². The lowest BCUT2D eigenvalue weighted by Crippen LogP contribution is -2.12. The van der Waals surface area contributed by atoms with Gasteiger partial charge >= 0.3 is 0 Å². The Morgan fingerprint density at radius 1 is 1.69 bits per heavy atom. The van der Waals surface area contributed by atoms with Gasteiger partial charge in [-0.05, 0) is 6.42 Å². The first kappa shape index (κ1) is 10.4. The number of hydrogen-bond donors (Lipinski definition) is 0. The molecule has 0 saturated carbocycles. The number of rotatable bonds is 5. The van der Waals surface area contributed by atoms with Crippen molar-refractivity contribution in [3.63, 3.8) is 0 Å². The molecule has 0 N–H and O–H groups in total. The Morgan fingerprint density at radius 2 is 2.46 bits per heavy atom. The van der Waals surface area contributed by atoms with Crippen LogP contribution in [0.15, 0.2) is 11.7 Å². The van der Waals surface area contributed by atoms with Gasteiger partial charge in [-0.15, -0.1) is 11.3 Å². The van der Waals surface area contributed by atoms with Gasteiger partial charge in [-0.1, -0.05) is 20.3 Å². The predicted octanol–water partition coefficient (Wildman–Crippen LogP) is 2.69. The highest BCUT2D eigenvalue weighted by molar-refractivity contribution is 7.09. The molecule has 1 aromatic rings. The fourth-order valence-electron chi connectivity index (χ4n) is 1.27. The maximum atomic E-state index is 11.6. The van der Waals surface area contributed by atoms with Crippen LogP contribution in [0.3, 0.4) is 0 Å². The van der Waals surface area contributed by atoms with Gasteiger partial charge in [0, 0.05) is 23.4 Å². The van der Waals surface area contributed by atoms with Crippen LogP contribution in [0.5, 0.6) is 0 Å². The summed E-state index contributed by atoms with van der Waals surface area (Å²) in [4.78, 5) is 16.6. The Morgan fingerprint density at radius 3 is 3.00 bits per heavy atom. The third kappa shape index (κ3) is 3.27. The maximum absolute atomic E-state index is 11.6. The van der Waals surface area contributed by atoms with Gasteiger partial charge in [0.05, 0.1) is 5.51 Å². The molecule has 3 heteroatoms. The minimum absolute atomic E-state index is 0.201. The van der Waals surface area contributed by atoms with E-state index in [0.29, 0.717) is 12.2 Å². The van der Waals surface area contributed by atoms with Crippen LogP contribution < -0.4 is 0 Å². The van der Waals surface area contributed by atoms with Crippen LogP contribution >= 0.6 is 11.3 Å². The topological polar surface area (TPSA) is 30.0 Å². The van der Waals surface area contributed by atoms with Crippen molar-refractivity contribution in [1.29, 1.82) is 0 Å². The lowest BCUT2D eigenvalue weighted by Gasteiger charge is -2.06. The van der Waals surface area contributed by atoms with E-state index in [1.165, 1.54) is 0 Å². The SMILES string of the molecule is CCCC(C)C(=O)Cc1cncs1. The molecule has 0 bridgehead atoms. The van der Waals surface area contributed by atoms with E-state index in [4.69, 9.17) is 0 Å². The molecule has 0 aromatic carbocycles. The van der Waals surface area contributed by atoms with Crippen LogP contribution in [0.25, 0.3) is 0 Å². The summed E-state index contributed by atoms with van der Waals surface area (Å²) < 4.78 is 0. The third-order valence-corrected chi connectivity index (χ3v) is 2.88. The Hall–Kier alpha value is -0.700. The summed E-state index contributed by atoms with van der Waals surface area (Å²) in [6.45, 7) is 4.11. The molecule has 1 rings (SSSR count). The second kappa shape index (κ2) is 5.12. The molecule has 0 saturated heterocycles. The zero-order valence-corrected chi connectivity index (χ0v) is 8.93. The smallest absolute Gasteiger partial charge is 0.140 e. The highest BCUT2D eigenvalue weighted by atomic mass is 32.1. The van der Waals surface area contributed by atoms with Gasteiger partial charge < -0.3 is 0 Å². The molecular formula is C10H15NOS. The van der Waals surface area contributed by atoms with Gasteiger partial charge in [0.1, 0.15) is 5.78 Å². The number of nitrogens with zero attached hydrogens (tertiary/aromatic N) is 1. The molecule has 0 radical (unpaired) electrons. The lowest BCUT2D eigenvalue weighted by atomic mass is 9.98. The maximum Gasteiger partial charge on any atom is 0.140 e. The van der Waals surface area contributed by atoms with Crippen molar-refractivity contribution in [2.45, 2.75) is 33.1 Å². The molecule has 1 heterocycles. The van der Waals surface area contributed by atoms with Crippen molar-refractivity contribution in [2.24, 2.45) is 5.92 Å². The van der Waals surface area contributed by atoms with Crippen LogP contribution in [0.2, 0.25) is 0 Å². The zero-order chi connectivity index (χ0) is 9.68. The molecule has 72 valence electrons. The van der Waals surface area contributed by atoms with E-state index in [1.54, 1.807) is 23.0 Å². The number of thiazole rings is 1. The summed E-state index contributed by atoms with van der Waals surface area (Å²) in [5, 5.41) is 0. The molecule has 1 unspecified atom stereocenters. The summed E-state index contributed by atoms with van der Waals surface area (Å²) in [5.41, 5.74) is 1.77. The second-order valence-electron chi connectivity index (χ2n) is 3.30. The van der Waals surface area contributed by atoms with Crippen LogP contribution in [0.1, 0.15) is 31.6 Å². The van der Waals surface area contributed by atoms with Crippen molar-refractivity contribution in [2.75, 3.05) is 0 Å². The zero-order valence-electron chi connectivity index (χ0n) is 8.12. The van der Waals surface area contributed by atoms with E-state index < -0.39 is 0 Å². The number of Topliss-reactive ketones (excluding diaryl/α,β-unsaturated/α-hetero) is 1. The largest absolute Gasteiger partial charge is 0.299 e. The third-order valence-electron chi connectivity index (χ3n) is 2.10. The average Bonchev–Trinajstić information content (AvgIpc) is 2.57. The summed E-state index contributed by atoms with van der Waals surface area (Å²) in [7, 11) is 0. The van der Waals surface area contributed by atoms with E-state index in [9.17, 15) is 4.79 Å². The first-order chi connectivity index (χ1) is 6.24. The summed E-state index contributed by atoms with van der Waals surface area (Å²) >= 11 is 1.55. The van der Waals surface area contributed by atoms with Crippen LogP contribution in [0.4, 0.5) is 0 Å². The number of carbonyl (C=O) groups is 1. The standard InChI is InChI=1S/C10H15NOS/c1-3-4-8(2)10(12)5-9-6-11-7-13-9/h6-8H,3-5H2,1-2H3. The lowest BCUT2D eigenvalue weighted by molar-refractivity contribution is -0.121. The van der Waals surface area contributed by atoms with Crippen molar-refractivity contribution in [3.8, 4) is 0 Å². The summed E-state index contributed by atoms with van der Waals surface area (Å²) in [6.07, 6.45) is 4.42. The fourth-order valence-corrected chi connectivity index (χ4v) is 1.87. The number of carbonyl (C=O) groups excluding carboxylic acids is 1. The Labute approximate surface area is 83.0 Å². The molecule has 1 aromatic heterocycles. The Balaban J connectivity index is 2.41. The molecule has 13 heavy (non-hydrogen) atoms. The van der Waals surface area contributed by atoms with Gasteiger partial charge in [-0.2, -0.15) is 0 Å². The highest BCUT2D eigenvalue weighted by Crippen LogP contribution is 2.13. The normalized spacial score (nSPS) is 12.8. The van der Waals surface area contributed by atoms with Gasteiger partial charge in [-0.25, -0.2) is 0 Å². The number of hydrogen-bond acceptors (Lipinski definition) is 3. The van der Waals surface area contributed by atoms with Gasteiger partial charge in [-0.3, -0.25) is 9.78 Å². The minimum Gasteiger partial charge on any atom is -0.299 e. The summed E-state index contributed by atoms with van der Waals surface area (Å²) in [6, 6.07) is 0. The molecule has 0 aliphatic rings. The minimum atomic E-state index is 0.201. The summed E-state index contributed by atoms with van der Waals surface area (Å²) in [5.74, 6) is 0.540. The molecular weight excluding hydrogens is 182 g/mol. The van der Waals surface area contributed by atoms with Gasteiger partial charge in [0.2, 0.25) is 0 Å². The molecule has 0 aliphatic carbocycles. The Kier molecular flexibility index (Phi) is 4.09. The second-order valence-corrected chi connectivity index (χ2v) is 4.27. The first-order valence-electron chi connectivity index (χ1n) is 4.64. The fraction of sp³-hybridized carbons (Fsp3) is 0.600. The van der Waals surface area contributed by atoms with Crippen LogP contribution in [-0.4, -0.2) is 10.8 Å². The van der Waals surface area contributed by atoms with Crippen LogP contribution in [-0.2, 0) is 11.2 Å². The molecule has 0 spiro atoms. The predicted molar refractivity (Wildman–Crippen MR) is 54.9 cm³/mol. The van der Waals surface area contributed by atoms with Crippen LogP contribution in [0, 0.1) is 5.92 Å². The molecule has 1 atom stereocenters. The van der Waals surface area contributed by atoms with E-state index in [2.05, 4.69) is 11.9 Å². The van der Waals surface area contributed by atoms with Crippen molar-refractivity contribution in [3.05, 3.63) is 16.6 Å².